The lowest BCUT2D eigenvalue weighted by atomic mass is 9.64. The van der Waals surface area contributed by atoms with Crippen molar-refractivity contribution in [3.8, 4) is 0 Å². The highest BCUT2D eigenvalue weighted by molar-refractivity contribution is 6.04. The molecule has 0 aliphatic heterocycles. The maximum absolute atomic E-state index is 5.62. The van der Waals surface area contributed by atoms with Gasteiger partial charge in [0.1, 0.15) is 0 Å². The molecule has 2 heteroatoms. The molecular weight excluding hydrogens is 436 g/mol. The Morgan fingerprint density at radius 3 is 1.08 bits per heavy atom. The van der Waals surface area contributed by atoms with Crippen LogP contribution in [0.4, 0.5) is 0 Å². The lowest BCUT2D eigenvalue weighted by Gasteiger charge is -2.41. The van der Waals surface area contributed by atoms with E-state index in [0.717, 1.165) is 22.4 Å². The molecule has 0 saturated carbocycles. The first kappa shape index (κ1) is 21.7. The smallest absolute Gasteiger partial charge is 0.0937 e. The first-order valence-corrected chi connectivity index (χ1v) is 13.1. The van der Waals surface area contributed by atoms with E-state index in [1.165, 1.54) is 44.2 Å². The molecule has 178 valence electrons. The van der Waals surface area contributed by atoms with Crippen molar-refractivity contribution in [2.75, 3.05) is 0 Å². The SMILES string of the molecule is CC(C)(C)c1c2ccccc2c(C(C)(C)C)c2nc3c(nc12)C1c2ccccc2C3c2ccccc21. The van der Waals surface area contributed by atoms with Crippen molar-refractivity contribution in [2.45, 2.75) is 64.2 Å². The van der Waals surface area contributed by atoms with E-state index < -0.39 is 0 Å². The number of rotatable bonds is 0. The minimum atomic E-state index is -0.0688. The molecule has 0 fully saturated rings. The number of nitrogens with zero attached hydrogens (tertiary/aromatic N) is 2. The third kappa shape index (κ3) is 2.79. The monoisotopic (exact) mass is 468 g/mol. The summed E-state index contributed by atoms with van der Waals surface area (Å²) >= 11 is 0. The number of benzene rings is 4. The standard InChI is InChI=1S/C34H32N2/c1-33(2,3)27-23-17-11-12-18-24(23)28(34(4,5)6)32-31(27)35-29-25-19-13-7-9-15-21(19)26(30(29)36-32)22-16-10-8-14-20(22)25/h7-18,25-26H,1-6H3. The second kappa shape index (κ2) is 7.03. The van der Waals surface area contributed by atoms with Crippen LogP contribution in [-0.4, -0.2) is 9.97 Å². The molecule has 4 aromatic carbocycles. The van der Waals surface area contributed by atoms with E-state index in [-0.39, 0.29) is 22.7 Å². The van der Waals surface area contributed by atoms with Gasteiger partial charge < -0.3 is 0 Å². The van der Waals surface area contributed by atoms with E-state index in [1.54, 1.807) is 0 Å². The van der Waals surface area contributed by atoms with Gasteiger partial charge in [-0.25, -0.2) is 9.97 Å². The van der Waals surface area contributed by atoms with Gasteiger partial charge in [-0.15, -0.1) is 0 Å². The van der Waals surface area contributed by atoms with Crippen LogP contribution in [0.2, 0.25) is 0 Å². The zero-order valence-electron chi connectivity index (χ0n) is 22.0. The van der Waals surface area contributed by atoms with Gasteiger partial charge in [0.2, 0.25) is 0 Å². The van der Waals surface area contributed by atoms with Crippen molar-refractivity contribution < 1.29 is 0 Å². The van der Waals surface area contributed by atoms with Crippen LogP contribution in [0.3, 0.4) is 0 Å². The Morgan fingerprint density at radius 2 is 0.778 bits per heavy atom. The fraction of sp³-hybridized carbons (Fsp3) is 0.294. The highest BCUT2D eigenvalue weighted by Gasteiger charge is 2.44. The van der Waals surface area contributed by atoms with Gasteiger partial charge in [-0.1, -0.05) is 114 Å². The van der Waals surface area contributed by atoms with Crippen LogP contribution in [0.5, 0.6) is 0 Å². The summed E-state index contributed by atoms with van der Waals surface area (Å²) in [4.78, 5) is 11.2. The summed E-state index contributed by atoms with van der Waals surface area (Å²) in [6, 6.07) is 26.7. The van der Waals surface area contributed by atoms with Crippen molar-refractivity contribution in [2.24, 2.45) is 0 Å². The molecule has 0 amide bonds. The van der Waals surface area contributed by atoms with Crippen LogP contribution >= 0.6 is 0 Å². The fourth-order valence-electron chi connectivity index (χ4n) is 6.93. The van der Waals surface area contributed by atoms with E-state index in [0.29, 0.717) is 0 Å². The minimum Gasteiger partial charge on any atom is -0.248 e. The molecule has 0 saturated heterocycles. The Balaban J connectivity index is 1.69. The molecule has 8 rings (SSSR count). The summed E-state index contributed by atoms with van der Waals surface area (Å²) in [5.74, 6) is 0.262. The Kier molecular flexibility index (Phi) is 4.25. The molecule has 3 aliphatic carbocycles. The van der Waals surface area contributed by atoms with Crippen molar-refractivity contribution in [1.29, 1.82) is 0 Å². The zero-order chi connectivity index (χ0) is 25.0. The van der Waals surface area contributed by atoms with Gasteiger partial charge in [-0.3, -0.25) is 0 Å². The van der Waals surface area contributed by atoms with Gasteiger partial charge in [0, 0.05) is 0 Å². The topological polar surface area (TPSA) is 25.8 Å². The summed E-state index contributed by atoms with van der Waals surface area (Å²) in [6.45, 7) is 13.9. The van der Waals surface area contributed by atoms with Crippen LogP contribution in [0.15, 0.2) is 72.8 Å². The predicted molar refractivity (Wildman–Crippen MR) is 149 cm³/mol. The zero-order valence-corrected chi connectivity index (χ0v) is 22.0. The highest BCUT2D eigenvalue weighted by Crippen LogP contribution is 2.55. The maximum atomic E-state index is 5.62. The molecular formula is C34H32N2. The maximum Gasteiger partial charge on any atom is 0.0937 e. The Bertz CT molecular complexity index is 1540. The molecule has 0 spiro atoms. The number of hydrogen-bond acceptors (Lipinski definition) is 2. The van der Waals surface area contributed by atoms with E-state index >= 15 is 0 Å². The molecule has 1 aromatic heterocycles. The summed E-state index contributed by atoms with van der Waals surface area (Å²) in [6.07, 6.45) is 0. The quantitative estimate of drug-likeness (QED) is 0.209. The van der Waals surface area contributed by atoms with Crippen LogP contribution in [-0.2, 0) is 10.8 Å². The third-order valence-corrected chi connectivity index (χ3v) is 8.17. The highest BCUT2D eigenvalue weighted by atomic mass is 14.9. The van der Waals surface area contributed by atoms with Crippen molar-refractivity contribution >= 4 is 21.8 Å². The molecule has 1 heterocycles. The molecule has 5 aromatic rings. The Morgan fingerprint density at radius 1 is 0.472 bits per heavy atom. The van der Waals surface area contributed by atoms with Gasteiger partial charge in [0.05, 0.1) is 34.3 Å². The minimum absolute atomic E-state index is 0.0688. The lowest BCUT2D eigenvalue weighted by Crippen LogP contribution is -2.30. The number of hydrogen-bond donors (Lipinski definition) is 0. The molecule has 0 N–H and O–H groups in total. The first-order chi connectivity index (χ1) is 17.2. The van der Waals surface area contributed by atoms with Crippen molar-refractivity contribution in [3.63, 3.8) is 0 Å². The van der Waals surface area contributed by atoms with Gasteiger partial charge in [0.15, 0.2) is 0 Å². The molecule has 0 radical (unpaired) electrons. The largest absolute Gasteiger partial charge is 0.248 e. The van der Waals surface area contributed by atoms with Crippen molar-refractivity contribution in [1.82, 2.24) is 9.97 Å². The molecule has 36 heavy (non-hydrogen) atoms. The average molecular weight is 469 g/mol. The van der Waals surface area contributed by atoms with Gasteiger partial charge >= 0.3 is 0 Å². The number of aromatic nitrogens is 2. The second-order valence-electron chi connectivity index (χ2n) is 12.6. The summed E-state index contributed by atoms with van der Waals surface area (Å²) in [7, 11) is 0. The van der Waals surface area contributed by atoms with Crippen LogP contribution in [0.25, 0.3) is 21.8 Å². The molecule has 2 nitrogen and oxygen atoms in total. The molecule has 0 unspecified atom stereocenters. The van der Waals surface area contributed by atoms with E-state index in [1.807, 2.05) is 0 Å². The van der Waals surface area contributed by atoms with Crippen LogP contribution in [0, 0.1) is 0 Å². The Labute approximate surface area is 213 Å². The van der Waals surface area contributed by atoms with E-state index in [4.69, 9.17) is 9.97 Å². The van der Waals surface area contributed by atoms with E-state index in [2.05, 4.69) is 114 Å². The first-order valence-electron chi connectivity index (χ1n) is 13.1. The summed E-state index contributed by atoms with van der Waals surface area (Å²) in [5.41, 5.74) is 12.5. The normalized spacial score (nSPS) is 18.3. The average Bonchev–Trinajstić information content (AvgIpc) is 2.84. The fourth-order valence-corrected chi connectivity index (χ4v) is 6.93. The summed E-state index contributed by atoms with van der Waals surface area (Å²) < 4.78 is 0. The second-order valence-corrected chi connectivity index (χ2v) is 12.6. The third-order valence-electron chi connectivity index (χ3n) is 8.17. The lowest BCUT2D eigenvalue weighted by molar-refractivity contribution is 0.589. The number of fused-ring (bicyclic) bond motifs is 2. The van der Waals surface area contributed by atoms with E-state index in [9.17, 15) is 0 Å². The Hall–Kier alpha value is -3.52. The van der Waals surface area contributed by atoms with Gasteiger partial charge in [-0.05, 0) is 55.0 Å². The summed E-state index contributed by atoms with van der Waals surface area (Å²) in [5, 5.41) is 2.61. The van der Waals surface area contributed by atoms with Crippen LogP contribution in [0.1, 0.15) is 98.1 Å². The molecule has 2 bridgehead atoms. The van der Waals surface area contributed by atoms with Gasteiger partial charge in [0.25, 0.3) is 0 Å². The van der Waals surface area contributed by atoms with Gasteiger partial charge in [-0.2, -0.15) is 0 Å². The van der Waals surface area contributed by atoms with Crippen molar-refractivity contribution in [3.05, 3.63) is 118 Å². The molecule has 3 aliphatic rings. The van der Waals surface area contributed by atoms with Crippen LogP contribution < -0.4 is 0 Å². The molecule has 0 atom stereocenters. The predicted octanol–water partition coefficient (Wildman–Crippen LogP) is 8.37.